The van der Waals surface area contributed by atoms with Gasteiger partial charge in [0, 0.05) is 0 Å². The van der Waals surface area contributed by atoms with Crippen LogP contribution < -0.4 is 5.32 Å². The predicted octanol–water partition coefficient (Wildman–Crippen LogP) is 2.85. The average Bonchev–Trinajstić information content (AvgIpc) is 2.26. The predicted molar refractivity (Wildman–Crippen MR) is 65.2 cm³/mol. The second-order valence-corrected chi connectivity index (χ2v) is 4.76. The van der Waals surface area contributed by atoms with Crippen molar-refractivity contribution in [2.45, 2.75) is 33.1 Å². The molecule has 0 bridgehead atoms. The van der Waals surface area contributed by atoms with Crippen LogP contribution in [0.2, 0.25) is 0 Å². The van der Waals surface area contributed by atoms with Crippen LogP contribution >= 0.6 is 0 Å². The van der Waals surface area contributed by atoms with E-state index in [1.54, 1.807) is 5.56 Å². The molecule has 1 fully saturated rings. The molecule has 1 nitrogen and oxygen atoms in total. The van der Waals surface area contributed by atoms with E-state index in [2.05, 4.69) is 37.4 Å². The van der Waals surface area contributed by atoms with Gasteiger partial charge < -0.3 is 5.32 Å². The molecular weight excluding hydrogens is 182 g/mol. The molecule has 1 N–H and O–H groups in total. The topological polar surface area (TPSA) is 12.0 Å². The molecule has 0 saturated carbocycles. The van der Waals surface area contributed by atoms with Crippen LogP contribution in [0.15, 0.2) is 18.2 Å². The molecule has 0 aromatic heterocycles. The van der Waals surface area contributed by atoms with Crippen molar-refractivity contribution in [3.05, 3.63) is 34.9 Å². The molecule has 1 heterocycles. The van der Waals surface area contributed by atoms with Crippen LogP contribution in [0.4, 0.5) is 0 Å². The maximum Gasteiger partial charge on any atom is -0.00462 e. The van der Waals surface area contributed by atoms with Crippen molar-refractivity contribution < 1.29 is 0 Å². The zero-order chi connectivity index (χ0) is 10.7. The first-order valence-corrected chi connectivity index (χ1v) is 6.03. The Morgan fingerprint density at radius 2 is 1.93 bits per heavy atom. The Labute approximate surface area is 92.9 Å². The fourth-order valence-corrected chi connectivity index (χ4v) is 2.43. The Balaban J connectivity index is 2.06. The third-order valence-corrected chi connectivity index (χ3v) is 3.68. The minimum atomic E-state index is 0.895. The Morgan fingerprint density at radius 1 is 1.20 bits per heavy atom. The largest absolute Gasteiger partial charge is 0.317 e. The average molecular weight is 203 g/mol. The number of aryl methyl sites for hydroxylation is 1. The van der Waals surface area contributed by atoms with Crippen LogP contribution in [0.25, 0.3) is 0 Å². The summed E-state index contributed by atoms with van der Waals surface area (Å²) in [7, 11) is 0. The van der Waals surface area contributed by atoms with Gasteiger partial charge in [-0.25, -0.2) is 0 Å². The summed E-state index contributed by atoms with van der Waals surface area (Å²) in [5.41, 5.74) is 4.49. The lowest BCUT2D eigenvalue weighted by molar-refractivity contribution is 0.372. The normalized spacial score (nSPS) is 18.0. The number of rotatable bonds is 2. The quantitative estimate of drug-likeness (QED) is 0.779. The molecule has 82 valence electrons. The molecule has 0 atom stereocenters. The van der Waals surface area contributed by atoms with Crippen molar-refractivity contribution in [1.29, 1.82) is 0 Å². The fourth-order valence-electron chi connectivity index (χ4n) is 2.43. The van der Waals surface area contributed by atoms with Crippen molar-refractivity contribution in [3.63, 3.8) is 0 Å². The van der Waals surface area contributed by atoms with Crippen molar-refractivity contribution in [1.82, 2.24) is 5.32 Å². The molecule has 0 radical (unpaired) electrons. The van der Waals surface area contributed by atoms with Gasteiger partial charge in [-0.15, -0.1) is 0 Å². The Kier molecular flexibility index (Phi) is 3.42. The Hall–Kier alpha value is -0.820. The highest BCUT2D eigenvalue weighted by atomic mass is 14.9. The molecular formula is C14H21N. The fraction of sp³-hybridized carbons (Fsp3) is 0.571. The Morgan fingerprint density at radius 3 is 2.67 bits per heavy atom. The molecule has 1 saturated heterocycles. The molecule has 0 unspecified atom stereocenters. The van der Waals surface area contributed by atoms with Crippen LogP contribution in [0.5, 0.6) is 0 Å². The number of nitrogens with one attached hydrogen (secondary N) is 1. The van der Waals surface area contributed by atoms with Gasteiger partial charge in [0.25, 0.3) is 0 Å². The van der Waals surface area contributed by atoms with Gasteiger partial charge in [-0.05, 0) is 68.8 Å². The van der Waals surface area contributed by atoms with Gasteiger partial charge in [-0.1, -0.05) is 18.2 Å². The van der Waals surface area contributed by atoms with Gasteiger partial charge >= 0.3 is 0 Å². The van der Waals surface area contributed by atoms with E-state index in [0.29, 0.717) is 0 Å². The highest BCUT2D eigenvalue weighted by Crippen LogP contribution is 2.21. The highest BCUT2D eigenvalue weighted by Gasteiger charge is 2.14. The van der Waals surface area contributed by atoms with Crippen molar-refractivity contribution >= 4 is 0 Å². The van der Waals surface area contributed by atoms with Gasteiger partial charge in [-0.3, -0.25) is 0 Å². The number of piperidine rings is 1. The second kappa shape index (κ2) is 4.80. The third-order valence-electron chi connectivity index (χ3n) is 3.68. The van der Waals surface area contributed by atoms with Crippen LogP contribution in [0, 0.1) is 19.8 Å². The summed E-state index contributed by atoms with van der Waals surface area (Å²) in [4.78, 5) is 0. The number of hydrogen-bond donors (Lipinski definition) is 1. The number of hydrogen-bond acceptors (Lipinski definition) is 1. The molecule has 1 aliphatic rings. The van der Waals surface area contributed by atoms with Crippen LogP contribution in [0.3, 0.4) is 0 Å². The zero-order valence-electron chi connectivity index (χ0n) is 9.84. The monoisotopic (exact) mass is 203 g/mol. The van der Waals surface area contributed by atoms with E-state index >= 15 is 0 Å². The highest BCUT2D eigenvalue weighted by molar-refractivity contribution is 5.33. The lowest BCUT2D eigenvalue weighted by Crippen LogP contribution is -2.28. The molecule has 0 aliphatic carbocycles. The van der Waals surface area contributed by atoms with Gasteiger partial charge in [0.05, 0.1) is 0 Å². The molecule has 1 aromatic rings. The lowest BCUT2D eigenvalue weighted by atomic mass is 9.88. The summed E-state index contributed by atoms with van der Waals surface area (Å²) < 4.78 is 0. The molecule has 1 aromatic carbocycles. The summed E-state index contributed by atoms with van der Waals surface area (Å²) in [5.74, 6) is 0.895. The van der Waals surface area contributed by atoms with E-state index in [4.69, 9.17) is 0 Å². The summed E-state index contributed by atoms with van der Waals surface area (Å²) >= 11 is 0. The van der Waals surface area contributed by atoms with Gasteiger partial charge in [0.1, 0.15) is 0 Å². The van der Waals surface area contributed by atoms with Crippen molar-refractivity contribution in [2.75, 3.05) is 13.1 Å². The van der Waals surface area contributed by atoms with Gasteiger partial charge in [0.15, 0.2) is 0 Å². The summed E-state index contributed by atoms with van der Waals surface area (Å²) in [6.07, 6.45) is 3.95. The second-order valence-electron chi connectivity index (χ2n) is 4.76. The molecule has 1 heteroatoms. The molecule has 0 spiro atoms. The first-order valence-electron chi connectivity index (χ1n) is 6.03. The Bertz CT molecular complexity index is 324. The summed E-state index contributed by atoms with van der Waals surface area (Å²) in [5, 5.41) is 3.43. The standard InChI is InChI=1S/C14H21N/c1-11-4-3-5-14(12(11)2)10-13-6-8-15-9-7-13/h3-5,13,15H,6-10H2,1-2H3. The minimum Gasteiger partial charge on any atom is -0.317 e. The maximum atomic E-state index is 3.43. The smallest absolute Gasteiger partial charge is 0.00462 e. The van der Waals surface area contributed by atoms with Gasteiger partial charge in [0.2, 0.25) is 0 Å². The van der Waals surface area contributed by atoms with Crippen LogP contribution in [0.1, 0.15) is 29.5 Å². The molecule has 1 aliphatic heterocycles. The first kappa shape index (κ1) is 10.7. The minimum absolute atomic E-state index is 0.895. The lowest BCUT2D eigenvalue weighted by Gasteiger charge is -2.23. The van der Waals surface area contributed by atoms with Gasteiger partial charge in [-0.2, -0.15) is 0 Å². The summed E-state index contributed by atoms with van der Waals surface area (Å²) in [6.45, 7) is 6.87. The van der Waals surface area contributed by atoms with E-state index in [0.717, 1.165) is 5.92 Å². The zero-order valence-corrected chi connectivity index (χ0v) is 9.84. The maximum absolute atomic E-state index is 3.43. The SMILES string of the molecule is Cc1cccc(CC2CCNCC2)c1C. The third kappa shape index (κ3) is 2.60. The van der Waals surface area contributed by atoms with Crippen LogP contribution in [-0.4, -0.2) is 13.1 Å². The van der Waals surface area contributed by atoms with E-state index in [1.165, 1.54) is 43.5 Å². The van der Waals surface area contributed by atoms with Crippen LogP contribution in [-0.2, 0) is 6.42 Å². The number of benzene rings is 1. The van der Waals surface area contributed by atoms with E-state index in [9.17, 15) is 0 Å². The van der Waals surface area contributed by atoms with Crippen molar-refractivity contribution in [2.24, 2.45) is 5.92 Å². The van der Waals surface area contributed by atoms with E-state index < -0.39 is 0 Å². The summed E-state index contributed by atoms with van der Waals surface area (Å²) in [6, 6.07) is 6.70. The first-order chi connectivity index (χ1) is 7.27. The molecule has 2 rings (SSSR count). The van der Waals surface area contributed by atoms with E-state index in [-0.39, 0.29) is 0 Å². The van der Waals surface area contributed by atoms with Crippen molar-refractivity contribution in [3.8, 4) is 0 Å². The van der Waals surface area contributed by atoms with E-state index in [1.807, 2.05) is 0 Å². The molecule has 15 heavy (non-hydrogen) atoms. The molecule has 0 amide bonds.